The first-order chi connectivity index (χ1) is 9.66. The minimum atomic E-state index is -0.597. The molecule has 1 atom stereocenters. The van der Waals surface area contributed by atoms with Gasteiger partial charge in [0.05, 0.1) is 13.2 Å². The molecule has 3 N–H and O–H groups in total. The number of aryl methyl sites for hydroxylation is 1. The van der Waals surface area contributed by atoms with E-state index in [9.17, 15) is 4.79 Å². The lowest BCUT2D eigenvalue weighted by atomic mass is 10.1. The summed E-state index contributed by atoms with van der Waals surface area (Å²) in [7, 11) is 0. The molecular formula is C15H25Cl2N3O2. The molecule has 1 aliphatic heterocycles. The van der Waals surface area contributed by atoms with Crippen LogP contribution in [0, 0.1) is 6.92 Å². The molecule has 0 spiro atoms. The molecule has 1 aromatic carbocycles. The van der Waals surface area contributed by atoms with Crippen molar-refractivity contribution in [2.75, 3.05) is 39.4 Å². The smallest absolute Gasteiger partial charge is 0.241 e. The number of hydrogen-bond acceptors (Lipinski definition) is 4. The Morgan fingerprint density at radius 1 is 1.27 bits per heavy atom. The molecule has 0 aliphatic carbocycles. The predicted molar refractivity (Wildman–Crippen MR) is 92.9 cm³/mol. The van der Waals surface area contributed by atoms with Gasteiger partial charge in [0.15, 0.2) is 0 Å². The fourth-order valence-electron chi connectivity index (χ4n) is 2.20. The van der Waals surface area contributed by atoms with E-state index in [4.69, 9.17) is 10.5 Å². The molecule has 1 amide bonds. The normalized spacial score (nSPS) is 16.1. The van der Waals surface area contributed by atoms with E-state index in [-0.39, 0.29) is 30.7 Å². The Kier molecular flexibility index (Phi) is 10.4. The zero-order valence-corrected chi connectivity index (χ0v) is 14.4. The SMILES string of the molecule is Cc1ccc(C(N)C(=O)NCCN2CCOCC2)cc1.Cl.Cl. The topological polar surface area (TPSA) is 67.6 Å². The molecule has 2 rings (SSSR count). The third-order valence-electron chi connectivity index (χ3n) is 3.55. The van der Waals surface area contributed by atoms with Crippen LogP contribution in [-0.4, -0.2) is 50.2 Å². The van der Waals surface area contributed by atoms with E-state index in [1.807, 2.05) is 31.2 Å². The standard InChI is InChI=1S/C15H23N3O2.2ClH/c1-12-2-4-13(5-3-12)14(16)15(19)17-6-7-18-8-10-20-11-9-18;;/h2-5,14H,6-11,16H2,1H3,(H,17,19);2*1H. The molecular weight excluding hydrogens is 325 g/mol. The van der Waals surface area contributed by atoms with E-state index in [1.165, 1.54) is 0 Å². The Balaban J connectivity index is 0.00000220. The maximum Gasteiger partial charge on any atom is 0.241 e. The first-order valence-corrected chi connectivity index (χ1v) is 7.07. The number of morpholine rings is 1. The lowest BCUT2D eigenvalue weighted by Gasteiger charge is -2.26. The third kappa shape index (κ3) is 6.50. The van der Waals surface area contributed by atoms with Crippen molar-refractivity contribution in [1.82, 2.24) is 10.2 Å². The van der Waals surface area contributed by atoms with Crippen LogP contribution >= 0.6 is 24.8 Å². The second-order valence-electron chi connectivity index (χ2n) is 5.13. The molecule has 0 aromatic heterocycles. The van der Waals surface area contributed by atoms with E-state index in [0.29, 0.717) is 6.54 Å². The maximum atomic E-state index is 12.0. The average Bonchev–Trinajstić information content (AvgIpc) is 2.48. The van der Waals surface area contributed by atoms with Gasteiger partial charge < -0.3 is 15.8 Å². The predicted octanol–water partition coefficient (Wildman–Crippen LogP) is 1.29. The van der Waals surface area contributed by atoms with E-state index in [0.717, 1.165) is 44.0 Å². The number of nitrogens with two attached hydrogens (primary N) is 1. The molecule has 1 fully saturated rings. The minimum absolute atomic E-state index is 0. The molecule has 1 aromatic rings. The third-order valence-corrected chi connectivity index (χ3v) is 3.55. The van der Waals surface area contributed by atoms with Gasteiger partial charge in [0.1, 0.15) is 6.04 Å². The largest absolute Gasteiger partial charge is 0.379 e. The molecule has 0 bridgehead atoms. The van der Waals surface area contributed by atoms with Gasteiger partial charge in [-0.05, 0) is 12.5 Å². The molecule has 1 saturated heterocycles. The Hall–Kier alpha value is -0.850. The molecule has 1 unspecified atom stereocenters. The van der Waals surface area contributed by atoms with E-state index in [1.54, 1.807) is 0 Å². The van der Waals surface area contributed by atoms with Crippen molar-refractivity contribution in [1.29, 1.82) is 0 Å². The van der Waals surface area contributed by atoms with Gasteiger partial charge in [0.25, 0.3) is 0 Å². The molecule has 0 saturated carbocycles. The number of carbonyl (C=O) groups is 1. The zero-order chi connectivity index (χ0) is 14.4. The van der Waals surface area contributed by atoms with Gasteiger partial charge in [0.2, 0.25) is 5.91 Å². The summed E-state index contributed by atoms with van der Waals surface area (Å²) in [5.74, 6) is -0.123. The number of hydrogen-bond donors (Lipinski definition) is 2. The monoisotopic (exact) mass is 349 g/mol. The van der Waals surface area contributed by atoms with Crippen molar-refractivity contribution in [2.24, 2.45) is 5.73 Å². The number of halogens is 2. The quantitative estimate of drug-likeness (QED) is 0.840. The zero-order valence-electron chi connectivity index (χ0n) is 12.8. The molecule has 1 aliphatic rings. The van der Waals surface area contributed by atoms with Crippen molar-refractivity contribution < 1.29 is 9.53 Å². The molecule has 22 heavy (non-hydrogen) atoms. The highest BCUT2D eigenvalue weighted by Crippen LogP contribution is 2.11. The Labute approximate surface area is 144 Å². The number of carbonyl (C=O) groups excluding carboxylic acids is 1. The average molecular weight is 350 g/mol. The van der Waals surface area contributed by atoms with E-state index >= 15 is 0 Å². The second-order valence-corrected chi connectivity index (χ2v) is 5.13. The summed E-state index contributed by atoms with van der Waals surface area (Å²) in [6.07, 6.45) is 0. The van der Waals surface area contributed by atoms with Gasteiger partial charge in [-0.2, -0.15) is 0 Å². The Bertz CT molecular complexity index is 437. The van der Waals surface area contributed by atoms with Crippen LogP contribution in [0.25, 0.3) is 0 Å². The lowest BCUT2D eigenvalue weighted by molar-refractivity contribution is -0.122. The van der Waals surface area contributed by atoms with Crippen molar-refractivity contribution >= 4 is 30.7 Å². The van der Waals surface area contributed by atoms with E-state index in [2.05, 4.69) is 10.2 Å². The van der Waals surface area contributed by atoms with Gasteiger partial charge in [-0.1, -0.05) is 29.8 Å². The number of rotatable bonds is 5. The van der Waals surface area contributed by atoms with Crippen LogP contribution in [0.5, 0.6) is 0 Å². The summed E-state index contributed by atoms with van der Waals surface area (Å²) in [6.45, 7) is 6.89. The van der Waals surface area contributed by atoms with Crippen LogP contribution in [0.3, 0.4) is 0 Å². The van der Waals surface area contributed by atoms with Gasteiger partial charge in [-0.15, -0.1) is 24.8 Å². The second kappa shape index (κ2) is 10.8. The van der Waals surface area contributed by atoms with Crippen molar-refractivity contribution in [2.45, 2.75) is 13.0 Å². The number of benzene rings is 1. The highest BCUT2D eigenvalue weighted by Gasteiger charge is 2.16. The number of nitrogens with one attached hydrogen (secondary N) is 1. The summed E-state index contributed by atoms with van der Waals surface area (Å²) >= 11 is 0. The van der Waals surface area contributed by atoms with Crippen LogP contribution in [0.2, 0.25) is 0 Å². The van der Waals surface area contributed by atoms with Gasteiger partial charge in [0, 0.05) is 26.2 Å². The number of ether oxygens (including phenoxy) is 1. The van der Waals surface area contributed by atoms with Crippen molar-refractivity contribution in [3.8, 4) is 0 Å². The fourth-order valence-corrected chi connectivity index (χ4v) is 2.20. The summed E-state index contributed by atoms with van der Waals surface area (Å²) < 4.78 is 5.28. The van der Waals surface area contributed by atoms with Crippen molar-refractivity contribution in [3.63, 3.8) is 0 Å². The highest BCUT2D eigenvalue weighted by molar-refractivity contribution is 5.85. The first-order valence-electron chi connectivity index (χ1n) is 7.07. The van der Waals surface area contributed by atoms with Crippen molar-refractivity contribution in [3.05, 3.63) is 35.4 Å². The van der Waals surface area contributed by atoms with Crippen LogP contribution in [-0.2, 0) is 9.53 Å². The van der Waals surface area contributed by atoms with Gasteiger partial charge >= 0.3 is 0 Å². The van der Waals surface area contributed by atoms with Gasteiger partial charge in [-0.25, -0.2) is 0 Å². The number of nitrogens with zero attached hydrogens (tertiary/aromatic N) is 1. The summed E-state index contributed by atoms with van der Waals surface area (Å²) in [6, 6.07) is 7.15. The first kappa shape index (κ1) is 21.1. The molecule has 5 nitrogen and oxygen atoms in total. The maximum absolute atomic E-state index is 12.0. The van der Waals surface area contributed by atoms with Gasteiger partial charge in [-0.3, -0.25) is 9.69 Å². The van der Waals surface area contributed by atoms with Crippen LogP contribution in [0.1, 0.15) is 17.2 Å². The van der Waals surface area contributed by atoms with Crippen LogP contribution in [0.15, 0.2) is 24.3 Å². The van der Waals surface area contributed by atoms with E-state index < -0.39 is 6.04 Å². The van der Waals surface area contributed by atoms with Crippen LogP contribution < -0.4 is 11.1 Å². The minimum Gasteiger partial charge on any atom is -0.379 e. The van der Waals surface area contributed by atoms with Crippen LogP contribution in [0.4, 0.5) is 0 Å². The summed E-state index contributed by atoms with van der Waals surface area (Å²) in [4.78, 5) is 14.3. The molecule has 126 valence electrons. The Morgan fingerprint density at radius 3 is 2.45 bits per heavy atom. The molecule has 7 heteroatoms. The molecule has 0 radical (unpaired) electrons. The summed E-state index contributed by atoms with van der Waals surface area (Å²) in [5, 5.41) is 2.90. The lowest BCUT2D eigenvalue weighted by Crippen LogP contribution is -2.43. The highest BCUT2D eigenvalue weighted by atomic mass is 35.5. The fraction of sp³-hybridized carbons (Fsp3) is 0.533. The molecule has 1 heterocycles. The number of amides is 1. The summed E-state index contributed by atoms with van der Waals surface area (Å²) in [5.41, 5.74) is 7.97. The Morgan fingerprint density at radius 2 is 1.86 bits per heavy atom.